The average molecular weight is 167 g/mol. The van der Waals surface area contributed by atoms with Gasteiger partial charge in [0.1, 0.15) is 0 Å². The van der Waals surface area contributed by atoms with E-state index in [1.165, 1.54) is 19.3 Å². The normalized spacial score (nSPS) is 40.2. The van der Waals surface area contributed by atoms with Gasteiger partial charge in [-0.3, -0.25) is 0 Å². The summed E-state index contributed by atoms with van der Waals surface area (Å²) in [6, 6.07) is 0.461. The number of nitrogens with two attached hydrogens (primary N) is 1. The highest BCUT2D eigenvalue weighted by molar-refractivity contribution is 5.28. The van der Waals surface area contributed by atoms with Gasteiger partial charge in [0.15, 0.2) is 0 Å². The second-order valence-corrected chi connectivity index (χ2v) is 5.72. The summed E-state index contributed by atoms with van der Waals surface area (Å²) < 4.78 is 0. The standard InChI is InChI=1S/C11H21N/c1-9(2)10(3,4)11(9)7-5-6-8(11)12/h8H,5-7,12H2,1-4H3. The van der Waals surface area contributed by atoms with E-state index in [0.29, 0.717) is 22.3 Å². The third-order valence-corrected chi connectivity index (χ3v) is 5.45. The fourth-order valence-electron chi connectivity index (χ4n) is 4.06. The zero-order chi connectivity index (χ0) is 9.20. The first-order valence-corrected chi connectivity index (χ1v) is 5.13. The molecule has 2 N–H and O–H groups in total. The minimum atomic E-state index is 0.461. The maximum Gasteiger partial charge on any atom is 0.0106 e. The molecule has 1 unspecified atom stereocenters. The molecule has 0 aromatic heterocycles. The van der Waals surface area contributed by atoms with Crippen LogP contribution in [0.25, 0.3) is 0 Å². The first kappa shape index (κ1) is 8.55. The average Bonchev–Trinajstić information content (AvgIpc) is 2.34. The monoisotopic (exact) mass is 167 g/mol. The lowest BCUT2D eigenvalue weighted by Gasteiger charge is -2.19. The van der Waals surface area contributed by atoms with E-state index in [2.05, 4.69) is 27.7 Å². The Morgan fingerprint density at radius 2 is 1.58 bits per heavy atom. The van der Waals surface area contributed by atoms with Crippen LogP contribution in [0.1, 0.15) is 47.0 Å². The van der Waals surface area contributed by atoms with Crippen molar-refractivity contribution in [2.24, 2.45) is 22.0 Å². The fourth-order valence-corrected chi connectivity index (χ4v) is 4.06. The topological polar surface area (TPSA) is 26.0 Å². The molecule has 0 amide bonds. The zero-order valence-corrected chi connectivity index (χ0v) is 8.78. The van der Waals surface area contributed by atoms with Crippen molar-refractivity contribution >= 4 is 0 Å². The second-order valence-electron chi connectivity index (χ2n) is 5.72. The maximum atomic E-state index is 6.23. The van der Waals surface area contributed by atoms with Gasteiger partial charge in [-0.15, -0.1) is 0 Å². The van der Waals surface area contributed by atoms with Gasteiger partial charge in [0.25, 0.3) is 0 Å². The molecular weight excluding hydrogens is 146 g/mol. The lowest BCUT2D eigenvalue weighted by molar-refractivity contribution is 0.334. The first-order valence-electron chi connectivity index (χ1n) is 5.13. The molecule has 0 radical (unpaired) electrons. The Morgan fingerprint density at radius 3 is 1.75 bits per heavy atom. The van der Waals surface area contributed by atoms with Crippen molar-refractivity contribution in [2.75, 3.05) is 0 Å². The van der Waals surface area contributed by atoms with Gasteiger partial charge in [0, 0.05) is 6.04 Å². The summed E-state index contributed by atoms with van der Waals surface area (Å²) in [7, 11) is 0. The highest BCUT2D eigenvalue weighted by Gasteiger charge is 2.79. The SMILES string of the molecule is CC1(C)C(C)(C)C12CCCC2N. The van der Waals surface area contributed by atoms with Crippen LogP contribution in [0.15, 0.2) is 0 Å². The van der Waals surface area contributed by atoms with Gasteiger partial charge in [-0.1, -0.05) is 34.1 Å². The van der Waals surface area contributed by atoms with Crippen LogP contribution in [0.4, 0.5) is 0 Å². The van der Waals surface area contributed by atoms with Crippen molar-refractivity contribution in [3.8, 4) is 0 Å². The molecule has 2 rings (SSSR count). The fraction of sp³-hybridized carbons (Fsp3) is 1.00. The van der Waals surface area contributed by atoms with Gasteiger partial charge in [0.05, 0.1) is 0 Å². The molecule has 0 aromatic rings. The minimum absolute atomic E-state index is 0.461. The summed E-state index contributed by atoms with van der Waals surface area (Å²) in [5.74, 6) is 0. The zero-order valence-electron chi connectivity index (χ0n) is 8.78. The van der Waals surface area contributed by atoms with Gasteiger partial charge in [-0.2, -0.15) is 0 Å². The van der Waals surface area contributed by atoms with Crippen molar-refractivity contribution in [1.29, 1.82) is 0 Å². The maximum absolute atomic E-state index is 6.23. The molecule has 1 spiro atoms. The summed E-state index contributed by atoms with van der Waals surface area (Å²) >= 11 is 0. The van der Waals surface area contributed by atoms with Gasteiger partial charge in [-0.05, 0) is 29.1 Å². The Hall–Kier alpha value is -0.0400. The molecular formula is C11H21N. The smallest absolute Gasteiger partial charge is 0.0106 e. The van der Waals surface area contributed by atoms with Crippen molar-refractivity contribution in [3.05, 3.63) is 0 Å². The quantitative estimate of drug-likeness (QED) is 0.589. The molecule has 0 aromatic carbocycles. The molecule has 0 heterocycles. The third kappa shape index (κ3) is 0.555. The highest BCUT2D eigenvalue weighted by Crippen LogP contribution is 2.82. The number of rotatable bonds is 0. The minimum Gasteiger partial charge on any atom is -0.327 e. The van der Waals surface area contributed by atoms with E-state index in [9.17, 15) is 0 Å². The Morgan fingerprint density at radius 1 is 1.08 bits per heavy atom. The largest absolute Gasteiger partial charge is 0.327 e. The van der Waals surface area contributed by atoms with Crippen LogP contribution in [0.3, 0.4) is 0 Å². The van der Waals surface area contributed by atoms with Crippen LogP contribution in [0, 0.1) is 16.2 Å². The Kier molecular flexibility index (Phi) is 1.35. The molecule has 2 fully saturated rings. The van der Waals surface area contributed by atoms with Crippen LogP contribution in [0.5, 0.6) is 0 Å². The van der Waals surface area contributed by atoms with Gasteiger partial charge in [0.2, 0.25) is 0 Å². The van der Waals surface area contributed by atoms with Crippen molar-refractivity contribution < 1.29 is 0 Å². The number of hydrogen-bond acceptors (Lipinski definition) is 1. The molecule has 1 heteroatoms. The Bertz CT molecular complexity index is 201. The molecule has 0 saturated heterocycles. The molecule has 2 saturated carbocycles. The molecule has 1 atom stereocenters. The van der Waals surface area contributed by atoms with Crippen LogP contribution >= 0.6 is 0 Å². The molecule has 0 aliphatic heterocycles. The molecule has 2 aliphatic rings. The summed E-state index contributed by atoms with van der Waals surface area (Å²) in [6.45, 7) is 9.55. The van der Waals surface area contributed by atoms with Gasteiger partial charge in [-0.25, -0.2) is 0 Å². The molecule has 0 bridgehead atoms. The van der Waals surface area contributed by atoms with Gasteiger partial charge >= 0.3 is 0 Å². The summed E-state index contributed by atoms with van der Waals surface area (Å²) in [5, 5.41) is 0. The van der Waals surface area contributed by atoms with E-state index in [1.54, 1.807) is 0 Å². The van der Waals surface area contributed by atoms with E-state index >= 15 is 0 Å². The first-order chi connectivity index (χ1) is 5.38. The van der Waals surface area contributed by atoms with E-state index in [1.807, 2.05) is 0 Å². The lowest BCUT2D eigenvalue weighted by atomic mass is 9.89. The predicted molar refractivity (Wildman–Crippen MR) is 51.8 cm³/mol. The van der Waals surface area contributed by atoms with Crippen molar-refractivity contribution in [1.82, 2.24) is 0 Å². The third-order valence-electron chi connectivity index (χ3n) is 5.45. The van der Waals surface area contributed by atoms with Crippen LogP contribution < -0.4 is 5.73 Å². The van der Waals surface area contributed by atoms with E-state index in [0.717, 1.165) is 0 Å². The Labute approximate surface area is 75.7 Å². The number of hydrogen-bond donors (Lipinski definition) is 1. The Balaban J connectivity index is 2.37. The van der Waals surface area contributed by atoms with E-state index in [4.69, 9.17) is 5.73 Å². The van der Waals surface area contributed by atoms with Crippen molar-refractivity contribution in [2.45, 2.75) is 53.0 Å². The second kappa shape index (κ2) is 1.89. The highest BCUT2D eigenvalue weighted by atomic mass is 14.9. The molecule has 70 valence electrons. The van der Waals surface area contributed by atoms with E-state index < -0.39 is 0 Å². The summed E-state index contributed by atoms with van der Waals surface area (Å²) in [4.78, 5) is 0. The van der Waals surface area contributed by atoms with Crippen LogP contribution in [-0.2, 0) is 0 Å². The lowest BCUT2D eigenvalue weighted by Crippen LogP contribution is -2.30. The van der Waals surface area contributed by atoms with Crippen molar-refractivity contribution in [3.63, 3.8) is 0 Å². The molecule has 12 heavy (non-hydrogen) atoms. The van der Waals surface area contributed by atoms with Crippen LogP contribution in [-0.4, -0.2) is 6.04 Å². The molecule has 1 nitrogen and oxygen atoms in total. The molecule has 2 aliphatic carbocycles. The summed E-state index contributed by atoms with van der Waals surface area (Å²) in [5.41, 5.74) is 7.63. The summed E-state index contributed by atoms with van der Waals surface area (Å²) in [6.07, 6.45) is 3.94. The van der Waals surface area contributed by atoms with Gasteiger partial charge < -0.3 is 5.73 Å². The van der Waals surface area contributed by atoms with Crippen LogP contribution in [0.2, 0.25) is 0 Å². The predicted octanol–water partition coefficient (Wildman–Crippen LogP) is 2.55. The van der Waals surface area contributed by atoms with E-state index in [-0.39, 0.29) is 0 Å².